The highest BCUT2D eigenvalue weighted by molar-refractivity contribution is 5.94. The van der Waals surface area contributed by atoms with Gasteiger partial charge in [-0.25, -0.2) is 4.98 Å². The van der Waals surface area contributed by atoms with E-state index >= 15 is 0 Å². The van der Waals surface area contributed by atoms with Gasteiger partial charge in [0.1, 0.15) is 11.6 Å². The second kappa shape index (κ2) is 8.90. The summed E-state index contributed by atoms with van der Waals surface area (Å²) in [7, 11) is 5.61. The van der Waals surface area contributed by atoms with Crippen molar-refractivity contribution < 1.29 is 9.53 Å². The number of pyridine rings is 1. The van der Waals surface area contributed by atoms with E-state index < -0.39 is 0 Å². The molecule has 1 amide bonds. The number of anilines is 3. The number of hydrogen-bond donors (Lipinski definition) is 2. The highest BCUT2D eigenvalue weighted by Crippen LogP contribution is 2.20. The third kappa shape index (κ3) is 4.79. The first-order chi connectivity index (χ1) is 13.6. The third-order valence-corrected chi connectivity index (χ3v) is 4.31. The summed E-state index contributed by atoms with van der Waals surface area (Å²) >= 11 is 0. The van der Waals surface area contributed by atoms with Gasteiger partial charge in [0, 0.05) is 49.3 Å². The zero-order chi connectivity index (χ0) is 19.9. The first-order valence-electron chi connectivity index (χ1n) is 8.97. The van der Waals surface area contributed by atoms with Gasteiger partial charge in [-0.3, -0.25) is 4.79 Å². The summed E-state index contributed by atoms with van der Waals surface area (Å²) in [4.78, 5) is 18.9. The maximum absolute atomic E-state index is 12.5. The Kier molecular flexibility index (Phi) is 6.11. The number of hydrogen-bond acceptors (Lipinski definition) is 5. The van der Waals surface area contributed by atoms with Crippen molar-refractivity contribution in [2.75, 3.05) is 31.4 Å². The van der Waals surface area contributed by atoms with Crippen LogP contribution in [0.15, 0.2) is 66.9 Å². The Balaban J connectivity index is 1.66. The Hall–Kier alpha value is -3.54. The van der Waals surface area contributed by atoms with Gasteiger partial charge in [0.15, 0.2) is 0 Å². The van der Waals surface area contributed by atoms with Crippen LogP contribution in [-0.2, 0) is 6.54 Å². The van der Waals surface area contributed by atoms with Crippen molar-refractivity contribution in [3.8, 4) is 5.75 Å². The number of carbonyl (C=O) groups is 1. The monoisotopic (exact) mass is 376 g/mol. The second-order valence-electron chi connectivity index (χ2n) is 6.49. The van der Waals surface area contributed by atoms with Gasteiger partial charge in [0.25, 0.3) is 5.91 Å². The van der Waals surface area contributed by atoms with E-state index in [0.29, 0.717) is 17.9 Å². The van der Waals surface area contributed by atoms with Crippen LogP contribution in [0.5, 0.6) is 5.75 Å². The highest BCUT2D eigenvalue weighted by atomic mass is 16.5. The average Bonchev–Trinajstić information content (AvgIpc) is 2.72. The quantitative estimate of drug-likeness (QED) is 0.656. The Bertz CT molecular complexity index is 939. The van der Waals surface area contributed by atoms with E-state index in [0.717, 1.165) is 22.7 Å². The van der Waals surface area contributed by atoms with E-state index in [4.69, 9.17) is 4.74 Å². The fraction of sp³-hybridized carbons (Fsp3) is 0.182. The molecule has 0 spiro atoms. The summed E-state index contributed by atoms with van der Waals surface area (Å²) < 4.78 is 5.32. The van der Waals surface area contributed by atoms with Crippen LogP contribution < -0.4 is 20.3 Å². The number of benzene rings is 2. The normalized spacial score (nSPS) is 10.2. The minimum atomic E-state index is -0.167. The maximum atomic E-state index is 12.5. The number of amides is 1. The number of methoxy groups -OCH3 is 1. The molecule has 2 aromatic carbocycles. The van der Waals surface area contributed by atoms with Gasteiger partial charge in [-0.2, -0.15) is 0 Å². The van der Waals surface area contributed by atoms with Crippen molar-refractivity contribution in [3.05, 3.63) is 78.0 Å². The Morgan fingerprint density at radius 3 is 2.54 bits per heavy atom. The van der Waals surface area contributed by atoms with E-state index in [1.807, 2.05) is 67.5 Å². The van der Waals surface area contributed by atoms with E-state index in [9.17, 15) is 4.79 Å². The molecule has 3 rings (SSSR count). The lowest BCUT2D eigenvalue weighted by atomic mass is 10.2. The van der Waals surface area contributed by atoms with Gasteiger partial charge in [-0.1, -0.05) is 18.2 Å². The number of ether oxygens (including phenoxy) is 1. The first-order valence-corrected chi connectivity index (χ1v) is 8.97. The SMILES string of the molecule is COc1ccccc1CNC(=O)c1ccnc(Nc2ccc(N(C)C)cc2)c1. The van der Waals surface area contributed by atoms with Crippen LogP contribution in [0.1, 0.15) is 15.9 Å². The Labute approximate surface area is 165 Å². The summed E-state index contributed by atoms with van der Waals surface area (Å²) in [5.74, 6) is 1.20. The third-order valence-electron chi connectivity index (χ3n) is 4.31. The highest BCUT2D eigenvalue weighted by Gasteiger charge is 2.09. The summed E-state index contributed by atoms with van der Waals surface area (Å²) in [5.41, 5.74) is 3.48. The topological polar surface area (TPSA) is 66.5 Å². The number of carbonyl (C=O) groups excluding carboxylic acids is 1. The van der Waals surface area contributed by atoms with Crippen molar-refractivity contribution in [3.63, 3.8) is 0 Å². The van der Waals surface area contributed by atoms with Gasteiger partial charge in [-0.15, -0.1) is 0 Å². The van der Waals surface area contributed by atoms with Crippen molar-refractivity contribution in [1.82, 2.24) is 10.3 Å². The van der Waals surface area contributed by atoms with Crippen LogP contribution >= 0.6 is 0 Å². The van der Waals surface area contributed by atoms with Crippen molar-refractivity contribution in [1.29, 1.82) is 0 Å². The zero-order valence-electron chi connectivity index (χ0n) is 16.3. The molecule has 6 heteroatoms. The lowest BCUT2D eigenvalue weighted by Crippen LogP contribution is -2.23. The molecule has 0 saturated heterocycles. The molecule has 2 N–H and O–H groups in total. The van der Waals surface area contributed by atoms with E-state index in [2.05, 4.69) is 15.6 Å². The fourth-order valence-corrected chi connectivity index (χ4v) is 2.76. The number of aromatic nitrogens is 1. The van der Waals surface area contributed by atoms with Gasteiger partial charge in [0.05, 0.1) is 7.11 Å². The molecule has 144 valence electrons. The number of para-hydroxylation sites is 1. The molecule has 6 nitrogen and oxygen atoms in total. The van der Waals surface area contributed by atoms with E-state index in [1.165, 1.54) is 0 Å². The minimum Gasteiger partial charge on any atom is -0.496 e. The lowest BCUT2D eigenvalue weighted by molar-refractivity contribution is 0.0950. The van der Waals surface area contributed by atoms with Gasteiger partial charge < -0.3 is 20.3 Å². The molecule has 28 heavy (non-hydrogen) atoms. The van der Waals surface area contributed by atoms with E-state index in [1.54, 1.807) is 25.4 Å². The van der Waals surface area contributed by atoms with Crippen LogP contribution in [-0.4, -0.2) is 32.1 Å². The lowest BCUT2D eigenvalue weighted by Gasteiger charge is -2.13. The second-order valence-corrected chi connectivity index (χ2v) is 6.49. The molecular formula is C22H24N4O2. The van der Waals surface area contributed by atoms with E-state index in [-0.39, 0.29) is 5.91 Å². The summed E-state index contributed by atoms with van der Waals surface area (Å²) in [6.07, 6.45) is 1.62. The molecule has 1 aromatic heterocycles. The molecule has 0 atom stereocenters. The molecule has 0 aliphatic heterocycles. The Morgan fingerprint density at radius 1 is 1.07 bits per heavy atom. The van der Waals surface area contributed by atoms with Crippen LogP contribution in [0.25, 0.3) is 0 Å². The molecule has 0 aliphatic carbocycles. The van der Waals surface area contributed by atoms with Gasteiger partial charge >= 0.3 is 0 Å². The molecule has 0 bridgehead atoms. The molecule has 1 heterocycles. The molecule has 0 aliphatic rings. The van der Waals surface area contributed by atoms with Crippen LogP contribution in [0.2, 0.25) is 0 Å². The van der Waals surface area contributed by atoms with Gasteiger partial charge in [-0.05, 0) is 42.5 Å². The molecule has 3 aromatic rings. The maximum Gasteiger partial charge on any atom is 0.251 e. The molecule has 0 radical (unpaired) electrons. The predicted molar refractivity (Wildman–Crippen MR) is 112 cm³/mol. The van der Waals surface area contributed by atoms with Crippen LogP contribution in [0, 0.1) is 0 Å². The molecule has 0 fully saturated rings. The zero-order valence-corrected chi connectivity index (χ0v) is 16.3. The van der Waals surface area contributed by atoms with Crippen molar-refractivity contribution in [2.24, 2.45) is 0 Å². The van der Waals surface area contributed by atoms with Crippen LogP contribution in [0.4, 0.5) is 17.2 Å². The standard InChI is InChI=1S/C22H24N4O2/c1-26(2)19-10-8-18(9-11-19)25-21-14-16(12-13-23-21)22(27)24-15-17-6-4-5-7-20(17)28-3/h4-14H,15H2,1-3H3,(H,23,25)(H,24,27). The predicted octanol–water partition coefficient (Wildman–Crippen LogP) is 3.83. The molecule has 0 unspecified atom stereocenters. The van der Waals surface area contributed by atoms with Crippen LogP contribution in [0.3, 0.4) is 0 Å². The summed E-state index contributed by atoms with van der Waals surface area (Å²) in [6, 6.07) is 19.0. The van der Waals surface area contributed by atoms with Crippen molar-refractivity contribution >= 4 is 23.1 Å². The van der Waals surface area contributed by atoms with Gasteiger partial charge in [0.2, 0.25) is 0 Å². The van der Waals surface area contributed by atoms with Crippen molar-refractivity contribution in [2.45, 2.75) is 6.54 Å². The molecular weight excluding hydrogens is 352 g/mol. The smallest absolute Gasteiger partial charge is 0.251 e. The minimum absolute atomic E-state index is 0.167. The summed E-state index contributed by atoms with van der Waals surface area (Å²) in [5, 5.41) is 6.15. The number of rotatable bonds is 7. The Morgan fingerprint density at radius 2 is 1.82 bits per heavy atom. The first kappa shape index (κ1) is 19.2. The summed E-state index contributed by atoms with van der Waals surface area (Å²) in [6.45, 7) is 0.389. The molecule has 0 saturated carbocycles. The average molecular weight is 376 g/mol. The number of nitrogens with one attached hydrogen (secondary N) is 2. The number of nitrogens with zero attached hydrogens (tertiary/aromatic N) is 2. The largest absolute Gasteiger partial charge is 0.496 e. The fourth-order valence-electron chi connectivity index (χ4n) is 2.76.